The molecule has 1 aliphatic carbocycles. The highest BCUT2D eigenvalue weighted by atomic mass is 16.2. The van der Waals surface area contributed by atoms with Crippen molar-refractivity contribution in [2.24, 2.45) is 18.9 Å². The molecule has 2 aromatic carbocycles. The van der Waals surface area contributed by atoms with Gasteiger partial charge in [0, 0.05) is 7.05 Å². The first kappa shape index (κ1) is 17.0. The van der Waals surface area contributed by atoms with Gasteiger partial charge in [-0.25, -0.2) is 23.5 Å². The summed E-state index contributed by atoms with van der Waals surface area (Å²) in [5.41, 5.74) is 0.111. The maximum absolute atomic E-state index is 13.3. The molecule has 3 aliphatic rings. The molecule has 5 heteroatoms. The lowest BCUT2D eigenvalue weighted by atomic mass is 9.59. The molecular weight excluding hydrogens is 350 g/mol. The van der Waals surface area contributed by atoms with Crippen molar-refractivity contribution in [2.75, 3.05) is 0 Å². The number of nitrogens with zero attached hydrogens (tertiary/aromatic N) is 3. The van der Waals surface area contributed by atoms with Crippen LogP contribution in [-0.2, 0) is 18.1 Å². The third kappa shape index (κ3) is 1.72. The molecule has 2 aliphatic heterocycles. The molecule has 142 valence electrons. The van der Waals surface area contributed by atoms with E-state index in [1.54, 1.807) is 16.4 Å². The van der Waals surface area contributed by atoms with E-state index in [1.807, 2.05) is 60.7 Å². The van der Waals surface area contributed by atoms with Gasteiger partial charge in [-0.2, -0.15) is 0 Å². The second-order valence-corrected chi connectivity index (χ2v) is 8.04. The summed E-state index contributed by atoms with van der Waals surface area (Å²) < 4.78 is 4.62. The van der Waals surface area contributed by atoms with Gasteiger partial charge in [-0.3, -0.25) is 0 Å². The van der Waals surface area contributed by atoms with Crippen LogP contribution in [0.1, 0.15) is 25.0 Å². The fourth-order valence-corrected chi connectivity index (χ4v) is 5.40. The minimum Gasteiger partial charge on any atom is -0.246 e. The number of rotatable bonds is 2. The largest absolute Gasteiger partial charge is 0.348 e. The van der Waals surface area contributed by atoms with Crippen molar-refractivity contribution in [3.05, 3.63) is 105 Å². The summed E-state index contributed by atoms with van der Waals surface area (Å²) in [5.74, 6) is 0.221. The minimum absolute atomic E-state index is 0.111. The number of hydrogen-bond acceptors (Lipinski definition) is 2. The predicted molar refractivity (Wildman–Crippen MR) is 108 cm³/mol. The Morgan fingerprint density at radius 1 is 0.679 bits per heavy atom. The maximum Gasteiger partial charge on any atom is 0.348 e. The molecule has 0 unspecified atom stereocenters. The zero-order valence-corrected chi connectivity index (χ0v) is 16.2. The lowest BCUT2D eigenvalue weighted by molar-refractivity contribution is 0.0225. The molecule has 6 rings (SSSR count). The first-order valence-electron chi connectivity index (χ1n) is 9.69. The lowest BCUT2D eigenvalue weighted by Gasteiger charge is -2.57. The van der Waals surface area contributed by atoms with Gasteiger partial charge in [-0.1, -0.05) is 86.7 Å². The third-order valence-corrected chi connectivity index (χ3v) is 7.04. The molecule has 28 heavy (non-hydrogen) atoms. The topological polar surface area (TPSA) is 48.9 Å². The van der Waals surface area contributed by atoms with E-state index >= 15 is 0 Å². The summed E-state index contributed by atoms with van der Waals surface area (Å²) in [4.78, 5) is 26.6. The molecule has 5 nitrogen and oxygen atoms in total. The first-order valence-corrected chi connectivity index (χ1v) is 9.69. The Morgan fingerprint density at radius 2 is 1.04 bits per heavy atom. The van der Waals surface area contributed by atoms with Crippen LogP contribution in [0.4, 0.5) is 0 Å². The summed E-state index contributed by atoms with van der Waals surface area (Å²) in [6.07, 6.45) is 4.28. The average Bonchev–Trinajstić information content (AvgIpc) is 2.98. The van der Waals surface area contributed by atoms with Crippen molar-refractivity contribution < 1.29 is 0 Å². The zero-order chi connectivity index (χ0) is 19.7. The van der Waals surface area contributed by atoms with Crippen molar-refractivity contribution in [3.63, 3.8) is 0 Å². The van der Waals surface area contributed by atoms with Crippen LogP contribution in [0.2, 0.25) is 0 Å². The normalized spacial score (nSPS) is 30.4. The van der Waals surface area contributed by atoms with Crippen molar-refractivity contribution in [1.82, 2.24) is 13.9 Å². The summed E-state index contributed by atoms with van der Waals surface area (Å²) in [7, 11) is 1.56. The van der Waals surface area contributed by atoms with Crippen LogP contribution in [0.15, 0.2) is 82.4 Å². The molecule has 0 amide bonds. The zero-order valence-electron chi connectivity index (χ0n) is 16.2. The molecule has 0 saturated carbocycles. The second kappa shape index (κ2) is 5.47. The molecule has 0 fully saturated rings. The molecule has 4 atom stereocenters. The number of hydrogen-bond donors (Lipinski definition) is 0. The van der Waals surface area contributed by atoms with Crippen LogP contribution in [0.5, 0.6) is 0 Å². The standard InChI is InChI=1S/C23H23N3O2/c1-16-17(2)23(19-12-8-5-9-13-19)15-14-22(16,18-10-6-4-7-11-18)25-20(27)24(3)21(28)26(23)25/h4-17H,1-3H3/t16-,17-,22-,23+/m0/s1. The predicted octanol–water partition coefficient (Wildman–Crippen LogP) is 2.69. The molecule has 0 saturated heterocycles. The van der Waals surface area contributed by atoms with Gasteiger partial charge in [0.1, 0.15) is 11.1 Å². The smallest absolute Gasteiger partial charge is 0.246 e. The molecule has 3 heterocycles. The molecule has 0 spiro atoms. The van der Waals surface area contributed by atoms with Gasteiger partial charge >= 0.3 is 11.4 Å². The molecular formula is C23H23N3O2. The third-order valence-electron chi connectivity index (χ3n) is 7.04. The summed E-state index contributed by atoms with van der Waals surface area (Å²) >= 11 is 0. The van der Waals surface area contributed by atoms with Gasteiger partial charge in [0.15, 0.2) is 0 Å². The number of aromatic nitrogens is 3. The van der Waals surface area contributed by atoms with Gasteiger partial charge < -0.3 is 0 Å². The fraction of sp³-hybridized carbons (Fsp3) is 0.304. The van der Waals surface area contributed by atoms with Crippen molar-refractivity contribution in [1.29, 1.82) is 0 Å². The van der Waals surface area contributed by atoms with Gasteiger partial charge in [-0.15, -0.1) is 0 Å². The SMILES string of the molecule is C[C@H]1[C@H](C)[C@]2(c3ccccc3)C=C[C@@]1(c1ccccc1)n1c(=O)n(C)c(=O)n12. The number of allylic oxidation sites excluding steroid dienone is 2. The number of benzene rings is 2. The minimum atomic E-state index is -0.686. The molecule has 1 aromatic heterocycles. The monoisotopic (exact) mass is 373 g/mol. The van der Waals surface area contributed by atoms with Crippen molar-refractivity contribution in [2.45, 2.75) is 24.9 Å². The first-order chi connectivity index (χ1) is 13.5. The Hall–Kier alpha value is -3.08. The Kier molecular flexibility index (Phi) is 3.33. The van der Waals surface area contributed by atoms with E-state index in [1.165, 1.54) is 4.57 Å². The molecule has 3 aromatic rings. The molecule has 2 bridgehead atoms. The van der Waals surface area contributed by atoms with Gasteiger partial charge in [0.05, 0.1) is 0 Å². The average molecular weight is 373 g/mol. The van der Waals surface area contributed by atoms with E-state index in [2.05, 4.69) is 26.0 Å². The molecule has 0 radical (unpaired) electrons. The Morgan fingerprint density at radius 3 is 1.39 bits per heavy atom. The van der Waals surface area contributed by atoms with Crippen molar-refractivity contribution >= 4 is 0 Å². The number of fused-ring (bicyclic) bond motifs is 1. The highest BCUT2D eigenvalue weighted by Crippen LogP contribution is 2.55. The highest BCUT2D eigenvalue weighted by molar-refractivity contribution is 5.44. The van der Waals surface area contributed by atoms with Crippen LogP contribution >= 0.6 is 0 Å². The van der Waals surface area contributed by atoms with Crippen LogP contribution in [-0.4, -0.2) is 13.9 Å². The van der Waals surface area contributed by atoms with E-state index < -0.39 is 11.1 Å². The van der Waals surface area contributed by atoms with E-state index in [0.29, 0.717) is 0 Å². The van der Waals surface area contributed by atoms with E-state index in [-0.39, 0.29) is 23.2 Å². The fourth-order valence-electron chi connectivity index (χ4n) is 5.40. The van der Waals surface area contributed by atoms with Crippen LogP contribution < -0.4 is 11.4 Å². The van der Waals surface area contributed by atoms with Crippen LogP contribution in [0.3, 0.4) is 0 Å². The quantitative estimate of drug-likeness (QED) is 0.649. The van der Waals surface area contributed by atoms with E-state index in [9.17, 15) is 9.59 Å². The summed E-state index contributed by atoms with van der Waals surface area (Å²) in [6, 6.07) is 20.1. The Labute approximate surface area is 163 Å². The summed E-state index contributed by atoms with van der Waals surface area (Å²) in [6.45, 7) is 4.37. The van der Waals surface area contributed by atoms with Gasteiger partial charge in [0.2, 0.25) is 0 Å². The van der Waals surface area contributed by atoms with Gasteiger partial charge in [0.25, 0.3) is 0 Å². The highest BCUT2D eigenvalue weighted by Gasteiger charge is 2.60. The maximum atomic E-state index is 13.3. The Bertz CT molecular complexity index is 1110. The van der Waals surface area contributed by atoms with E-state index in [0.717, 1.165) is 11.1 Å². The summed E-state index contributed by atoms with van der Waals surface area (Å²) in [5, 5.41) is 0. The van der Waals surface area contributed by atoms with Crippen LogP contribution in [0, 0.1) is 11.8 Å². The lowest BCUT2D eigenvalue weighted by Crippen LogP contribution is -2.66. The second-order valence-electron chi connectivity index (χ2n) is 8.04. The van der Waals surface area contributed by atoms with Crippen molar-refractivity contribution in [3.8, 4) is 0 Å². The van der Waals surface area contributed by atoms with E-state index in [4.69, 9.17) is 0 Å². The Balaban J connectivity index is 1.97. The van der Waals surface area contributed by atoms with Crippen LogP contribution in [0.25, 0.3) is 0 Å². The molecule has 0 N–H and O–H groups in total. The van der Waals surface area contributed by atoms with Gasteiger partial charge in [-0.05, 0) is 23.0 Å².